The van der Waals surface area contributed by atoms with Crippen LogP contribution in [0.2, 0.25) is 0 Å². The minimum atomic E-state index is -0.661. The SMILES string of the molecule is CCCCCCCCCCCCCCCCCCCCCCCCCCC(O)C(CO)NC(=O)CCCCCCCCCCCCCCCCCCCCCCCCCCCCCCCCCCCCCOC(=O)CCCCCCCCCCCCCCCCCC. The second-order valence-corrected chi connectivity index (χ2v) is 30.2. The Bertz CT molecular complexity index is 1360. The second-order valence-electron chi connectivity index (χ2n) is 30.2. The first kappa shape index (κ1) is 90.9. The Hall–Kier alpha value is -1.14. The second kappa shape index (κ2) is 82.3. The first-order valence-corrected chi connectivity index (χ1v) is 43.3. The fraction of sp³-hybridized carbons (Fsp3) is 0.977. The van der Waals surface area contributed by atoms with Gasteiger partial charge in [-0.25, -0.2) is 0 Å². The number of carbonyl (C=O) groups is 2. The van der Waals surface area contributed by atoms with E-state index in [0.717, 1.165) is 38.5 Å². The van der Waals surface area contributed by atoms with E-state index in [1.165, 1.54) is 443 Å². The summed E-state index contributed by atoms with van der Waals surface area (Å²) in [5, 5.41) is 23.5. The molecule has 0 aliphatic carbocycles. The number of unbranched alkanes of at least 4 members (excludes halogenated alkanes) is 72. The molecule has 92 heavy (non-hydrogen) atoms. The highest BCUT2D eigenvalue weighted by Gasteiger charge is 2.20. The van der Waals surface area contributed by atoms with Gasteiger partial charge in [-0.05, 0) is 25.7 Å². The van der Waals surface area contributed by atoms with Crippen molar-refractivity contribution in [3.8, 4) is 0 Å². The normalized spacial score (nSPS) is 12.3. The number of nitrogens with one attached hydrogen (secondary N) is 1. The number of hydrogen-bond donors (Lipinski definition) is 3. The molecule has 6 nitrogen and oxygen atoms in total. The van der Waals surface area contributed by atoms with Crippen LogP contribution in [-0.2, 0) is 14.3 Å². The highest BCUT2D eigenvalue weighted by molar-refractivity contribution is 5.76. The average Bonchev–Trinajstić information content (AvgIpc) is 3.77. The van der Waals surface area contributed by atoms with Crippen molar-refractivity contribution in [2.45, 2.75) is 527 Å². The number of amides is 1. The lowest BCUT2D eigenvalue weighted by atomic mass is 10.0. The number of esters is 1. The Labute approximate surface area is 578 Å². The van der Waals surface area contributed by atoms with Crippen LogP contribution in [0, 0.1) is 0 Å². The lowest BCUT2D eigenvalue weighted by Gasteiger charge is -2.22. The molecule has 2 unspecified atom stereocenters. The molecule has 0 aliphatic rings. The van der Waals surface area contributed by atoms with E-state index >= 15 is 0 Å². The molecule has 550 valence electrons. The van der Waals surface area contributed by atoms with Crippen molar-refractivity contribution in [1.82, 2.24) is 5.32 Å². The van der Waals surface area contributed by atoms with Crippen LogP contribution in [0.5, 0.6) is 0 Å². The molecule has 2 atom stereocenters. The quantitative estimate of drug-likeness (QED) is 0.0417. The van der Waals surface area contributed by atoms with Crippen molar-refractivity contribution in [3.63, 3.8) is 0 Å². The van der Waals surface area contributed by atoms with E-state index in [1.807, 2.05) is 0 Å². The molecule has 0 fully saturated rings. The summed E-state index contributed by atoms with van der Waals surface area (Å²) < 4.78 is 5.52. The average molecular weight is 1300 g/mol. The Balaban J connectivity index is 3.30. The van der Waals surface area contributed by atoms with Gasteiger partial charge in [-0.15, -0.1) is 0 Å². The Kier molecular flexibility index (Phi) is 81.3. The van der Waals surface area contributed by atoms with Crippen molar-refractivity contribution in [2.75, 3.05) is 13.2 Å². The Morgan fingerprint density at radius 2 is 0.446 bits per heavy atom. The first-order valence-electron chi connectivity index (χ1n) is 43.3. The summed E-state index contributed by atoms with van der Waals surface area (Å²) in [6.07, 6.45) is 104. The van der Waals surface area contributed by atoms with Gasteiger partial charge in [-0.1, -0.05) is 476 Å². The smallest absolute Gasteiger partial charge is 0.305 e. The third-order valence-electron chi connectivity index (χ3n) is 20.9. The summed E-state index contributed by atoms with van der Waals surface area (Å²) in [5.41, 5.74) is 0. The Morgan fingerprint density at radius 3 is 0.663 bits per heavy atom. The van der Waals surface area contributed by atoms with Crippen LogP contribution < -0.4 is 5.32 Å². The molecule has 0 spiro atoms. The molecule has 0 saturated heterocycles. The van der Waals surface area contributed by atoms with E-state index in [2.05, 4.69) is 19.2 Å². The number of aliphatic hydroxyl groups is 2. The minimum Gasteiger partial charge on any atom is -0.466 e. The van der Waals surface area contributed by atoms with E-state index in [1.54, 1.807) is 0 Å². The lowest BCUT2D eigenvalue weighted by Crippen LogP contribution is -2.45. The van der Waals surface area contributed by atoms with Gasteiger partial charge in [0.2, 0.25) is 5.91 Å². The highest BCUT2D eigenvalue weighted by atomic mass is 16.5. The molecular formula is C86H171NO5. The van der Waals surface area contributed by atoms with Gasteiger partial charge >= 0.3 is 5.97 Å². The van der Waals surface area contributed by atoms with Crippen LogP contribution >= 0.6 is 0 Å². The van der Waals surface area contributed by atoms with Crippen LogP contribution in [0.25, 0.3) is 0 Å². The zero-order valence-corrected chi connectivity index (χ0v) is 63.3. The van der Waals surface area contributed by atoms with E-state index in [4.69, 9.17) is 4.74 Å². The standard InChI is InChI=1S/C86H171NO5/c1-3-5-7-9-11-13-15-17-19-21-22-23-24-38-41-44-47-50-54-58-62-66-70-74-78-84(89)83(82-88)87-85(90)79-75-71-67-63-59-55-51-48-45-42-39-36-34-32-30-28-26-25-27-29-31-33-35-37-40-43-46-49-53-57-61-65-69-73-77-81-92-86(91)80-76-72-68-64-60-56-52-20-18-16-14-12-10-8-6-4-2/h83-84,88-89H,3-82H2,1-2H3,(H,87,90). The van der Waals surface area contributed by atoms with Gasteiger partial charge in [0.15, 0.2) is 0 Å². The van der Waals surface area contributed by atoms with Gasteiger partial charge in [0, 0.05) is 12.8 Å². The fourth-order valence-electron chi connectivity index (χ4n) is 14.4. The summed E-state index contributed by atoms with van der Waals surface area (Å²) in [6, 6.07) is -0.538. The molecule has 6 heteroatoms. The summed E-state index contributed by atoms with van der Waals surface area (Å²) in [5.74, 6) is 0.00519. The van der Waals surface area contributed by atoms with E-state index in [0.29, 0.717) is 25.9 Å². The van der Waals surface area contributed by atoms with Crippen LogP contribution in [0.3, 0.4) is 0 Å². The molecule has 0 radical (unpaired) electrons. The van der Waals surface area contributed by atoms with Gasteiger partial charge in [0.25, 0.3) is 0 Å². The van der Waals surface area contributed by atoms with Crippen LogP contribution in [0.4, 0.5) is 0 Å². The van der Waals surface area contributed by atoms with Crippen molar-refractivity contribution < 1.29 is 24.5 Å². The molecule has 1 amide bonds. The van der Waals surface area contributed by atoms with Gasteiger partial charge in [0.05, 0.1) is 25.4 Å². The molecular weight excluding hydrogens is 1130 g/mol. The van der Waals surface area contributed by atoms with Crippen molar-refractivity contribution >= 4 is 11.9 Å². The largest absolute Gasteiger partial charge is 0.466 e. The zero-order chi connectivity index (χ0) is 66.3. The summed E-state index contributed by atoms with van der Waals surface area (Å²) in [7, 11) is 0. The van der Waals surface area contributed by atoms with Crippen molar-refractivity contribution in [2.24, 2.45) is 0 Å². The number of rotatable bonds is 83. The topological polar surface area (TPSA) is 95.9 Å². The van der Waals surface area contributed by atoms with E-state index in [-0.39, 0.29) is 18.5 Å². The minimum absolute atomic E-state index is 0.0226. The maximum atomic E-state index is 12.6. The number of hydrogen-bond acceptors (Lipinski definition) is 5. The third kappa shape index (κ3) is 77.9. The molecule has 0 heterocycles. The molecule has 0 aliphatic heterocycles. The predicted molar refractivity (Wildman–Crippen MR) is 407 cm³/mol. The third-order valence-corrected chi connectivity index (χ3v) is 20.9. The molecule has 0 aromatic rings. The highest BCUT2D eigenvalue weighted by Crippen LogP contribution is 2.21. The lowest BCUT2D eigenvalue weighted by molar-refractivity contribution is -0.143. The predicted octanol–water partition coefficient (Wildman–Crippen LogP) is 28.8. The number of ether oxygens (including phenoxy) is 1. The number of carbonyl (C=O) groups excluding carboxylic acids is 2. The molecule has 0 aromatic carbocycles. The van der Waals surface area contributed by atoms with Gasteiger partial charge in [-0.3, -0.25) is 9.59 Å². The monoisotopic (exact) mass is 1300 g/mol. The van der Waals surface area contributed by atoms with E-state index in [9.17, 15) is 19.8 Å². The fourth-order valence-corrected chi connectivity index (χ4v) is 14.4. The Morgan fingerprint density at radius 1 is 0.261 bits per heavy atom. The summed E-state index contributed by atoms with van der Waals surface area (Å²) >= 11 is 0. The maximum Gasteiger partial charge on any atom is 0.305 e. The van der Waals surface area contributed by atoms with Crippen molar-refractivity contribution in [1.29, 1.82) is 0 Å². The molecule has 0 aromatic heterocycles. The van der Waals surface area contributed by atoms with Crippen LogP contribution in [0.15, 0.2) is 0 Å². The van der Waals surface area contributed by atoms with Crippen LogP contribution in [0.1, 0.15) is 515 Å². The van der Waals surface area contributed by atoms with E-state index < -0.39 is 12.1 Å². The molecule has 0 rings (SSSR count). The first-order chi connectivity index (χ1) is 45.5. The van der Waals surface area contributed by atoms with Crippen LogP contribution in [-0.4, -0.2) is 47.4 Å². The maximum absolute atomic E-state index is 12.6. The molecule has 0 bridgehead atoms. The molecule has 3 N–H and O–H groups in total. The summed E-state index contributed by atoms with van der Waals surface area (Å²) in [6.45, 7) is 5.03. The van der Waals surface area contributed by atoms with Gasteiger partial charge in [-0.2, -0.15) is 0 Å². The molecule has 0 saturated carbocycles. The van der Waals surface area contributed by atoms with Crippen molar-refractivity contribution in [3.05, 3.63) is 0 Å². The summed E-state index contributed by atoms with van der Waals surface area (Å²) in [4.78, 5) is 24.7. The van der Waals surface area contributed by atoms with Gasteiger partial charge < -0.3 is 20.3 Å². The zero-order valence-electron chi connectivity index (χ0n) is 63.3. The van der Waals surface area contributed by atoms with Gasteiger partial charge in [0.1, 0.15) is 0 Å². The number of aliphatic hydroxyl groups excluding tert-OH is 2.